The molecule has 2 aromatic carbocycles. The fourth-order valence-electron chi connectivity index (χ4n) is 2.20. The van der Waals surface area contributed by atoms with Gasteiger partial charge in [0.25, 0.3) is 11.8 Å². The fraction of sp³-hybridized carbons (Fsp3) is 0.300. The number of rotatable bonds is 7. The zero-order valence-electron chi connectivity index (χ0n) is 14.8. The summed E-state index contributed by atoms with van der Waals surface area (Å²) in [6, 6.07) is 13.9. The summed E-state index contributed by atoms with van der Waals surface area (Å²) in [5.41, 5.74) is 1.62. The number of amides is 2. The number of carbonyl (C=O) groups is 2. The fourth-order valence-corrected chi connectivity index (χ4v) is 2.20. The first-order valence-corrected chi connectivity index (χ1v) is 8.49. The molecule has 132 valence electrons. The molecule has 0 spiro atoms. The van der Waals surface area contributed by atoms with Crippen LogP contribution >= 0.6 is 0 Å². The molecule has 5 heteroatoms. The van der Waals surface area contributed by atoms with Crippen LogP contribution in [0.2, 0.25) is 0 Å². The number of benzene rings is 2. The van der Waals surface area contributed by atoms with Crippen molar-refractivity contribution < 1.29 is 14.3 Å². The van der Waals surface area contributed by atoms with E-state index < -0.39 is 0 Å². The van der Waals surface area contributed by atoms with Crippen LogP contribution in [0.1, 0.15) is 47.9 Å². The summed E-state index contributed by atoms with van der Waals surface area (Å²) in [4.78, 5) is 24.2. The number of anilines is 1. The molecule has 2 N–H and O–H groups in total. The van der Waals surface area contributed by atoms with Gasteiger partial charge >= 0.3 is 0 Å². The van der Waals surface area contributed by atoms with Crippen molar-refractivity contribution in [3.8, 4) is 5.75 Å². The molecule has 2 rings (SSSR count). The van der Waals surface area contributed by atoms with Crippen molar-refractivity contribution in [1.82, 2.24) is 5.32 Å². The van der Waals surface area contributed by atoms with Crippen LogP contribution in [0.25, 0.3) is 0 Å². The van der Waals surface area contributed by atoms with E-state index in [0.717, 1.165) is 12.2 Å². The van der Waals surface area contributed by atoms with Crippen LogP contribution < -0.4 is 15.4 Å². The summed E-state index contributed by atoms with van der Waals surface area (Å²) in [6.45, 7) is 6.47. The van der Waals surface area contributed by atoms with Gasteiger partial charge in [-0.15, -0.1) is 0 Å². The molecule has 0 saturated carbocycles. The zero-order chi connectivity index (χ0) is 18.2. The van der Waals surface area contributed by atoms with Gasteiger partial charge in [-0.05, 0) is 62.7 Å². The molecule has 0 heterocycles. The smallest absolute Gasteiger partial charge is 0.255 e. The van der Waals surface area contributed by atoms with E-state index in [1.54, 1.807) is 48.5 Å². The Morgan fingerprint density at radius 3 is 2.36 bits per heavy atom. The second kappa shape index (κ2) is 8.87. The quantitative estimate of drug-likeness (QED) is 0.804. The topological polar surface area (TPSA) is 67.4 Å². The van der Waals surface area contributed by atoms with Crippen molar-refractivity contribution in [2.45, 2.75) is 33.3 Å². The van der Waals surface area contributed by atoms with E-state index in [9.17, 15) is 9.59 Å². The Kier molecular flexibility index (Phi) is 6.57. The van der Waals surface area contributed by atoms with E-state index in [-0.39, 0.29) is 17.9 Å². The van der Waals surface area contributed by atoms with Crippen molar-refractivity contribution in [3.05, 3.63) is 59.7 Å². The Hall–Kier alpha value is -2.82. The summed E-state index contributed by atoms with van der Waals surface area (Å²) in [7, 11) is 0. The van der Waals surface area contributed by atoms with E-state index in [1.165, 1.54) is 0 Å². The van der Waals surface area contributed by atoms with E-state index in [4.69, 9.17) is 4.74 Å². The van der Waals surface area contributed by atoms with Crippen LogP contribution in [0.5, 0.6) is 5.75 Å². The lowest BCUT2D eigenvalue weighted by Gasteiger charge is -2.13. The number of ether oxygens (including phenoxy) is 1. The summed E-state index contributed by atoms with van der Waals surface area (Å²) in [6.07, 6.45) is 1.06. The molecule has 0 aliphatic heterocycles. The second-order valence-corrected chi connectivity index (χ2v) is 5.76. The molecule has 2 amide bonds. The van der Waals surface area contributed by atoms with Crippen molar-refractivity contribution >= 4 is 17.5 Å². The molecule has 1 atom stereocenters. The maximum Gasteiger partial charge on any atom is 0.255 e. The maximum absolute atomic E-state index is 12.4. The van der Waals surface area contributed by atoms with Crippen LogP contribution in [-0.2, 0) is 0 Å². The van der Waals surface area contributed by atoms with Crippen LogP contribution in [0.15, 0.2) is 48.5 Å². The molecule has 0 aromatic heterocycles. The van der Waals surface area contributed by atoms with Gasteiger partial charge in [0, 0.05) is 23.4 Å². The highest BCUT2D eigenvalue weighted by Crippen LogP contribution is 2.17. The van der Waals surface area contributed by atoms with E-state index in [2.05, 4.69) is 17.6 Å². The molecule has 0 saturated heterocycles. The van der Waals surface area contributed by atoms with Gasteiger partial charge in [0.2, 0.25) is 0 Å². The molecular weight excluding hydrogens is 316 g/mol. The van der Waals surface area contributed by atoms with Gasteiger partial charge in [-0.1, -0.05) is 13.0 Å². The Bertz CT molecular complexity index is 726. The van der Waals surface area contributed by atoms with Crippen molar-refractivity contribution in [1.29, 1.82) is 0 Å². The predicted molar refractivity (Wildman–Crippen MR) is 99.2 cm³/mol. The molecule has 5 nitrogen and oxygen atoms in total. The minimum atomic E-state index is -0.233. The van der Waals surface area contributed by atoms with Crippen LogP contribution in [0.3, 0.4) is 0 Å². The van der Waals surface area contributed by atoms with E-state index in [0.29, 0.717) is 23.4 Å². The first kappa shape index (κ1) is 18.5. The van der Waals surface area contributed by atoms with E-state index >= 15 is 0 Å². The number of carbonyl (C=O) groups excluding carboxylic acids is 2. The van der Waals surface area contributed by atoms with Gasteiger partial charge in [0.05, 0.1) is 6.10 Å². The van der Waals surface area contributed by atoms with E-state index in [1.807, 2.05) is 13.8 Å². The van der Waals surface area contributed by atoms with Crippen molar-refractivity contribution in [2.24, 2.45) is 0 Å². The lowest BCUT2D eigenvalue weighted by atomic mass is 10.1. The van der Waals surface area contributed by atoms with Gasteiger partial charge in [-0.2, -0.15) is 0 Å². The molecule has 2 aromatic rings. The summed E-state index contributed by atoms with van der Waals surface area (Å²) in [5.74, 6) is 0.345. The minimum Gasteiger partial charge on any atom is -0.491 e. The molecular formula is C20H24N2O3. The molecule has 25 heavy (non-hydrogen) atoms. The average molecular weight is 340 g/mol. The van der Waals surface area contributed by atoms with Crippen molar-refractivity contribution in [2.75, 3.05) is 11.9 Å². The van der Waals surface area contributed by atoms with Gasteiger partial charge in [-0.3, -0.25) is 9.59 Å². The van der Waals surface area contributed by atoms with Gasteiger partial charge in [-0.25, -0.2) is 0 Å². The number of hydrogen-bond donors (Lipinski definition) is 2. The molecule has 0 radical (unpaired) electrons. The SMILES string of the molecule is CCNC(=O)c1cccc(NC(=O)c2ccc(OC(C)CC)cc2)c1. The molecule has 0 aliphatic carbocycles. The summed E-state index contributed by atoms with van der Waals surface area (Å²) in [5, 5.41) is 5.54. The number of nitrogens with one attached hydrogen (secondary N) is 2. The van der Waals surface area contributed by atoms with Crippen molar-refractivity contribution in [3.63, 3.8) is 0 Å². The molecule has 0 fully saturated rings. The first-order valence-electron chi connectivity index (χ1n) is 8.49. The van der Waals surface area contributed by atoms with Crippen LogP contribution in [0.4, 0.5) is 5.69 Å². The second-order valence-electron chi connectivity index (χ2n) is 5.76. The minimum absolute atomic E-state index is 0.136. The maximum atomic E-state index is 12.4. The molecule has 1 unspecified atom stereocenters. The normalized spacial score (nSPS) is 11.5. The lowest BCUT2D eigenvalue weighted by Crippen LogP contribution is -2.22. The largest absolute Gasteiger partial charge is 0.491 e. The Morgan fingerprint density at radius 1 is 1.00 bits per heavy atom. The third-order valence-corrected chi connectivity index (χ3v) is 3.75. The standard InChI is InChI=1S/C20H24N2O3/c1-4-14(3)25-18-11-9-15(10-12-18)20(24)22-17-8-6-7-16(13-17)19(23)21-5-2/h6-14H,4-5H2,1-3H3,(H,21,23)(H,22,24). The highest BCUT2D eigenvalue weighted by molar-refractivity contribution is 6.05. The predicted octanol–water partition coefficient (Wildman–Crippen LogP) is 3.87. The zero-order valence-corrected chi connectivity index (χ0v) is 14.8. The third kappa shape index (κ3) is 5.35. The monoisotopic (exact) mass is 340 g/mol. The Balaban J connectivity index is 2.04. The molecule has 0 aliphatic rings. The van der Waals surface area contributed by atoms with Crippen LogP contribution in [0, 0.1) is 0 Å². The first-order chi connectivity index (χ1) is 12.0. The summed E-state index contributed by atoms with van der Waals surface area (Å²) >= 11 is 0. The Morgan fingerprint density at radius 2 is 1.72 bits per heavy atom. The highest BCUT2D eigenvalue weighted by Gasteiger charge is 2.09. The third-order valence-electron chi connectivity index (χ3n) is 3.75. The lowest BCUT2D eigenvalue weighted by molar-refractivity contribution is 0.0954. The van der Waals surface area contributed by atoms with Gasteiger partial charge < -0.3 is 15.4 Å². The summed E-state index contributed by atoms with van der Waals surface area (Å²) < 4.78 is 5.71. The number of hydrogen-bond acceptors (Lipinski definition) is 3. The van der Waals surface area contributed by atoms with Crippen LogP contribution in [-0.4, -0.2) is 24.5 Å². The molecule has 0 bridgehead atoms. The Labute approximate surface area is 148 Å². The van der Waals surface area contributed by atoms with Gasteiger partial charge in [0.1, 0.15) is 5.75 Å². The van der Waals surface area contributed by atoms with Gasteiger partial charge in [0.15, 0.2) is 0 Å². The average Bonchev–Trinajstić information content (AvgIpc) is 2.62. The highest BCUT2D eigenvalue weighted by atomic mass is 16.5.